The third kappa shape index (κ3) is 11.2. The van der Waals surface area contributed by atoms with Gasteiger partial charge in [0.2, 0.25) is 5.91 Å². The number of pyridine rings is 1. The molecule has 376 valence electrons. The Balaban J connectivity index is 1.34. The molecule has 26 nitrogen and oxygen atoms in total. The molecule has 1 aliphatic rings. The van der Waals surface area contributed by atoms with Gasteiger partial charge in [-0.3, -0.25) is 28.8 Å². The Morgan fingerprint density at radius 2 is 1.35 bits per heavy atom. The second-order valence-electron chi connectivity index (χ2n) is 15.1. The second kappa shape index (κ2) is 21.9. The van der Waals surface area contributed by atoms with Crippen LogP contribution in [0.2, 0.25) is 0 Å². The highest BCUT2D eigenvalue weighted by molar-refractivity contribution is 7.14. The lowest BCUT2D eigenvalue weighted by Crippen LogP contribution is -2.52. The normalized spacial score (nSPS) is 18.5. The number of primary amides is 1. The third-order valence-corrected chi connectivity index (χ3v) is 14.6. The standard InChI is InChI=1S/C41H38N12O14S5/c1-12(30(42)59)43-31(60)18-9-71-39(48-18)26-22(56)5-15-25(50-26)17-7-69-37(45-17)16(6-54)44-32(61)19-10-72-40(49-19)27(28(57)29(58)41(65)66)53-34(63)21-11-70-38(47-21)24(14(3)67-4)52-35(64)23(13(2)55)51-33(62)20-8-68-36(15)46-20/h5,7-11,13,16,23,27-29,54-58H,1,6H2,2-4H3,(H2,42,59)(H,43,60)(H,44,61)(H,51,62)(H,52,64)(H,53,63)(H,65,66)/t13-,16+,23+,27+,28+,29+/m1/s1. The maximum atomic E-state index is 13.9. The van der Waals surface area contributed by atoms with Gasteiger partial charge in [0.1, 0.15) is 106 Å². The number of nitrogens with zero attached hydrogens (tertiary/aromatic N) is 6. The van der Waals surface area contributed by atoms with E-state index >= 15 is 0 Å². The number of methoxy groups -OCH3 is 1. The Bertz CT molecular complexity index is 3180. The molecule has 0 saturated heterocycles. The van der Waals surface area contributed by atoms with E-state index in [1.807, 2.05) is 0 Å². The van der Waals surface area contributed by atoms with Crippen LogP contribution in [-0.4, -0.2) is 140 Å². The number of hydrogen-bond donors (Lipinski definition) is 12. The monoisotopic (exact) mass is 1080 g/mol. The molecule has 6 amide bonds. The van der Waals surface area contributed by atoms with Gasteiger partial charge in [-0.05, 0) is 19.9 Å². The molecule has 7 heterocycles. The highest BCUT2D eigenvalue weighted by atomic mass is 32.1. The summed E-state index contributed by atoms with van der Waals surface area (Å²) in [6.45, 7) is 5.35. The summed E-state index contributed by atoms with van der Waals surface area (Å²) >= 11 is 4.30. The third-order valence-electron chi connectivity index (χ3n) is 10.2. The van der Waals surface area contributed by atoms with Crippen LogP contribution in [0, 0.1) is 0 Å². The number of aliphatic hydroxyl groups excluding tert-OH is 4. The van der Waals surface area contributed by atoms with Crippen LogP contribution in [0.25, 0.3) is 38.4 Å². The van der Waals surface area contributed by atoms with Gasteiger partial charge in [-0.2, -0.15) is 0 Å². The van der Waals surface area contributed by atoms with Crippen LogP contribution in [-0.2, 0) is 19.1 Å². The SMILES string of the molecule is C=C(NC(=O)c1csc(-c2nc3c(cc2O)-c2nc(cs2)C(=O)N[C@@H]([C@@H](C)O)C(=O)NC(=C(C)OC)c2nc(cs2)C(=O)N[C@@H]([C@H](O)[C@H](O)C(=O)O)c2nc(cs2)C(=O)N[C@@H](CO)c2nc-3cs2)n1)C(N)=O. The van der Waals surface area contributed by atoms with Crippen LogP contribution in [0.3, 0.4) is 0 Å². The fourth-order valence-electron chi connectivity index (χ4n) is 6.32. The van der Waals surface area contributed by atoms with Gasteiger partial charge in [-0.1, -0.05) is 6.58 Å². The molecule has 0 spiro atoms. The van der Waals surface area contributed by atoms with Gasteiger partial charge in [0, 0.05) is 32.5 Å². The summed E-state index contributed by atoms with van der Waals surface area (Å²) in [4.78, 5) is 118. The first-order valence-corrected chi connectivity index (χ1v) is 24.8. The maximum absolute atomic E-state index is 13.9. The molecule has 0 aromatic carbocycles. The van der Waals surface area contributed by atoms with Crippen LogP contribution < -0.4 is 32.3 Å². The zero-order chi connectivity index (χ0) is 52.3. The van der Waals surface area contributed by atoms with Crippen molar-refractivity contribution in [3.05, 3.63) is 88.8 Å². The second-order valence-corrected chi connectivity index (χ2v) is 19.4. The van der Waals surface area contributed by atoms with Crippen molar-refractivity contribution in [2.24, 2.45) is 5.73 Å². The number of hydrogen-bond acceptors (Lipinski definition) is 24. The van der Waals surface area contributed by atoms with Gasteiger partial charge in [0.25, 0.3) is 29.5 Å². The number of aliphatic hydroxyl groups is 4. The fraction of sp³-hybridized carbons (Fsp3) is 0.244. The Morgan fingerprint density at radius 3 is 1.99 bits per heavy atom. The number of thiazole rings is 5. The van der Waals surface area contributed by atoms with E-state index in [1.165, 1.54) is 53.9 Å². The van der Waals surface area contributed by atoms with Crippen molar-refractivity contribution in [1.82, 2.24) is 56.5 Å². The van der Waals surface area contributed by atoms with Crippen LogP contribution in [0.1, 0.15) is 82.9 Å². The maximum Gasteiger partial charge on any atom is 0.335 e. The van der Waals surface area contributed by atoms with Crippen LogP contribution >= 0.6 is 56.7 Å². The van der Waals surface area contributed by atoms with Crippen molar-refractivity contribution < 1.29 is 68.9 Å². The lowest BCUT2D eigenvalue weighted by molar-refractivity contribution is -0.154. The number of nitrogens with one attached hydrogen (secondary N) is 5. The smallest absolute Gasteiger partial charge is 0.335 e. The average Bonchev–Trinajstić information content (AvgIpc) is 4.22. The molecular formula is C41H38N12O14S5. The Morgan fingerprint density at radius 1 is 0.778 bits per heavy atom. The first-order valence-electron chi connectivity index (χ1n) is 20.4. The minimum absolute atomic E-state index is 0.0121. The predicted octanol–water partition coefficient (Wildman–Crippen LogP) is 0.484. The largest absolute Gasteiger partial charge is 0.506 e. The van der Waals surface area contributed by atoms with E-state index in [0.717, 1.165) is 45.3 Å². The molecule has 0 unspecified atom stereocenters. The van der Waals surface area contributed by atoms with Crippen molar-refractivity contribution in [1.29, 1.82) is 0 Å². The average molecular weight is 1080 g/mol. The van der Waals surface area contributed by atoms with Gasteiger partial charge >= 0.3 is 5.97 Å². The first kappa shape index (κ1) is 52.3. The molecule has 6 atom stereocenters. The summed E-state index contributed by atoms with van der Waals surface area (Å²) in [6.07, 6.45) is -6.23. The molecule has 31 heteroatoms. The minimum Gasteiger partial charge on any atom is -0.506 e. The minimum atomic E-state index is -2.46. The van der Waals surface area contributed by atoms with Crippen LogP contribution in [0.15, 0.2) is 51.0 Å². The number of fused-ring (bicyclic) bond motifs is 11. The number of carbonyl (C=O) groups is 7. The van der Waals surface area contributed by atoms with Crippen LogP contribution in [0.5, 0.6) is 5.75 Å². The molecular weight excluding hydrogens is 1040 g/mol. The van der Waals surface area contributed by atoms with Crippen molar-refractivity contribution in [3.63, 3.8) is 0 Å². The zero-order valence-electron chi connectivity index (χ0n) is 37.1. The van der Waals surface area contributed by atoms with Crippen molar-refractivity contribution in [3.8, 4) is 38.4 Å². The Hall–Kier alpha value is -7.49. The molecule has 13 N–H and O–H groups in total. The number of carboxylic acid groups (broad SMARTS) is 1. The zero-order valence-corrected chi connectivity index (χ0v) is 41.2. The van der Waals surface area contributed by atoms with Gasteiger partial charge in [-0.25, -0.2) is 34.7 Å². The summed E-state index contributed by atoms with van der Waals surface area (Å²) in [5.41, 5.74) is 3.64. The number of aromatic nitrogens is 6. The number of carboxylic acids is 1. The lowest BCUT2D eigenvalue weighted by Gasteiger charge is -2.24. The number of ether oxygens (including phenoxy) is 1. The molecule has 0 aliphatic carbocycles. The topological polar surface area (TPSA) is 414 Å². The van der Waals surface area contributed by atoms with Crippen LogP contribution in [0.4, 0.5) is 0 Å². The Labute approximate surface area is 424 Å². The molecule has 1 aliphatic heterocycles. The van der Waals surface area contributed by atoms with Gasteiger partial charge in [0.15, 0.2) is 6.10 Å². The number of allylic oxidation sites excluding steroid dienone is 1. The van der Waals surface area contributed by atoms with E-state index < -0.39 is 95.9 Å². The molecule has 7 rings (SSSR count). The molecule has 6 aromatic rings. The van der Waals surface area contributed by atoms with Crippen molar-refractivity contribution >= 4 is 104 Å². The predicted molar refractivity (Wildman–Crippen MR) is 257 cm³/mol. The summed E-state index contributed by atoms with van der Waals surface area (Å²) in [5.74, 6) is -7.91. The number of aliphatic carboxylic acids is 1. The molecule has 0 saturated carbocycles. The van der Waals surface area contributed by atoms with E-state index in [1.54, 1.807) is 0 Å². The van der Waals surface area contributed by atoms with E-state index in [4.69, 9.17) is 10.5 Å². The number of amides is 6. The van der Waals surface area contributed by atoms with Crippen molar-refractivity contribution in [2.45, 2.75) is 50.3 Å². The number of nitrogens with two attached hydrogens (primary N) is 1. The summed E-state index contributed by atoms with van der Waals surface area (Å²) in [5, 5.41) is 82.5. The van der Waals surface area contributed by atoms with E-state index in [2.05, 4.69) is 63.1 Å². The number of aromatic hydroxyl groups is 1. The van der Waals surface area contributed by atoms with E-state index in [0.29, 0.717) is 11.3 Å². The summed E-state index contributed by atoms with van der Waals surface area (Å²) in [6, 6.07) is -3.39. The molecule has 8 bridgehead atoms. The van der Waals surface area contributed by atoms with E-state index in [9.17, 15) is 64.2 Å². The van der Waals surface area contributed by atoms with Gasteiger partial charge in [-0.15, -0.1) is 56.7 Å². The van der Waals surface area contributed by atoms with Gasteiger partial charge in [0.05, 0.1) is 25.5 Å². The number of rotatable bonds is 10. The Kier molecular flexibility index (Phi) is 15.9. The van der Waals surface area contributed by atoms with Crippen molar-refractivity contribution in [2.75, 3.05) is 13.7 Å². The quantitative estimate of drug-likeness (QED) is 0.0656. The fourth-order valence-corrected chi connectivity index (χ4v) is 10.5. The summed E-state index contributed by atoms with van der Waals surface area (Å²) in [7, 11) is 1.27. The highest BCUT2D eigenvalue weighted by Gasteiger charge is 2.37. The highest BCUT2D eigenvalue weighted by Crippen LogP contribution is 2.41. The first-order chi connectivity index (χ1) is 34.2. The lowest BCUT2D eigenvalue weighted by atomic mass is 10.1. The van der Waals surface area contributed by atoms with Gasteiger partial charge < -0.3 is 67.7 Å². The molecule has 72 heavy (non-hydrogen) atoms. The summed E-state index contributed by atoms with van der Waals surface area (Å²) < 4.78 is 5.37. The van der Waals surface area contributed by atoms with E-state index in [-0.39, 0.29) is 81.9 Å². The number of carbonyl (C=O) groups excluding carboxylic acids is 6. The molecule has 0 radical (unpaired) electrons. The molecule has 6 aromatic heterocycles. The molecule has 0 fully saturated rings.